The quantitative estimate of drug-likeness (QED) is 0.572. The molecule has 0 amide bonds. The van der Waals surface area contributed by atoms with Crippen molar-refractivity contribution in [2.24, 2.45) is 0 Å². The van der Waals surface area contributed by atoms with Crippen LogP contribution in [-0.2, 0) is 13.1 Å². The van der Waals surface area contributed by atoms with Crippen molar-refractivity contribution < 1.29 is 0 Å². The van der Waals surface area contributed by atoms with Gasteiger partial charge in [-0.3, -0.25) is 9.13 Å². The molecule has 2 aromatic heterocycles. The number of rotatable bonds is 4. The first kappa shape index (κ1) is 14.2. The van der Waals surface area contributed by atoms with Gasteiger partial charge in [-0.25, -0.2) is 9.78 Å². The highest BCUT2D eigenvalue weighted by Gasteiger charge is 2.14. The van der Waals surface area contributed by atoms with E-state index in [-0.39, 0.29) is 5.69 Å². The predicted octanol–water partition coefficient (Wildman–Crippen LogP) is 3.87. The van der Waals surface area contributed by atoms with Gasteiger partial charge < -0.3 is 0 Å². The molecule has 0 aliphatic carbocycles. The van der Waals surface area contributed by atoms with Gasteiger partial charge >= 0.3 is 5.69 Å². The highest BCUT2D eigenvalue weighted by molar-refractivity contribution is 7.18. The van der Waals surface area contributed by atoms with Crippen LogP contribution < -0.4 is 5.69 Å². The van der Waals surface area contributed by atoms with Crippen LogP contribution in [0, 0.1) is 0 Å². The summed E-state index contributed by atoms with van der Waals surface area (Å²) in [5.74, 6) is 0. The fraction of sp³-hybridized carbons (Fsp3) is 0.222. The molecule has 0 unspecified atom stereocenters. The lowest BCUT2D eigenvalue weighted by atomic mass is 10.3. The third-order valence-electron chi connectivity index (χ3n) is 4.00. The SMILES string of the molecule is CCCn1c(=O)n(Cc2nc3ccccc3s2)c2ccccc21. The number of aromatic nitrogens is 3. The third kappa shape index (κ3) is 2.37. The van der Waals surface area contributed by atoms with Crippen molar-refractivity contribution in [1.29, 1.82) is 0 Å². The van der Waals surface area contributed by atoms with E-state index < -0.39 is 0 Å². The Kier molecular flexibility index (Phi) is 3.50. The van der Waals surface area contributed by atoms with Crippen molar-refractivity contribution in [2.75, 3.05) is 0 Å². The average Bonchev–Trinajstić information content (AvgIpc) is 3.10. The summed E-state index contributed by atoms with van der Waals surface area (Å²) in [7, 11) is 0. The Labute approximate surface area is 137 Å². The second-order valence-electron chi connectivity index (χ2n) is 5.58. The molecule has 0 N–H and O–H groups in total. The van der Waals surface area contributed by atoms with Crippen LogP contribution >= 0.6 is 11.3 Å². The van der Waals surface area contributed by atoms with Crippen molar-refractivity contribution >= 4 is 32.6 Å². The maximum Gasteiger partial charge on any atom is 0.329 e. The van der Waals surface area contributed by atoms with E-state index in [1.165, 1.54) is 0 Å². The maximum atomic E-state index is 12.8. The van der Waals surface area contributed by atoms with Crippen LogP contribution in [-0.4, -0.2) is 14.1 Å². The van der Waals surface area contributed by atoms with Gasteiger partial charge in [0, 0.05) is 6.54 Å². The van der Waals surface area contributed by atoms with Crippen LogP contribution in [0.1, 0.15) is 18.4 Å². The highest BCUT2D eigenvalue weighted by Crippen LogP contribution is 2.23. The van der Waals surface area contributed by atoms with Crippen LogP contribution in [0.5, 0.6) is 0 Å². The third-order valence-corrected chi connectivity index (χ3v) is 5.03. The summed E-state index contributed by atoms with van der Waals surface area (Å²) in [4.78, 5) is 17.5. The topological polar surface area (TPSA) is 39.8 Å². The number of benzene rings is 2. The Balaban J connectivity index is 1.85. The molecule has 2 aromatic carbocycles. The second kappa shape index (κ2) is 5.66. The maximum absolute atomic E-state index is 12.8. The Morgan fingerprint density at radius 3 is 2.43 bits per heavy atom. The second-order valence-corrected chi connectivity index (χ2v) is 6.70. The lowest BCUT2D eigenvalue weighted by Crippen LogP contribution is -2.24. The number of fused-ring (bicyclic) bond motifs is 2. The lowest BCUT2D eigenvalue weighted by Gasteiger charge is -1.99. The minimum Gasteiger partial charge on any atom is -0.292 e. The molecule has 0 aliphatic rings. The summed E-state index contributed by atoms with van der Waals surface area (Å²) in [5, 5.41) is 0.965. The van der Waals surface area contributed by atoms with Crippen molar-refractivity contribution in [3.05, 3.63) is 64.0 Å². The zero-order chi connectivity index (χ0) is 15.8. The molecular formula is C18H17N3OS. The predicted molar refractivity (Wildman–Crippen MR) is 95.2 cm³/mol. The number of para-hydroxylation sites is 3. The minimum atomic E-state index is 0.0484. The van der Waals surface area contributed by atoms with Gasteiger partial charge in [0.25, 0.3) is 0 Å². The highest BCUT2D eigenvalue weighted by atomic mass is 32.1. The van der Waals surface area contributed by atoms with Gasteiger partial charge in [0.05, 0.1) is 27.8 Å². The van der Waals surface area contributed by atoms with Crippen LogP contribution in [0.2, 0.25) is 0 Å². The molecule has 0 radical (unpaired) electrons. The minimum absolute atomic E-state index is 0.0484. The molecule has 0 saturated heterocycles. The fourth-order valence-corrected chi connectivity index (χ4v) is 3.94. The van der Waals surface area contributed by atoms with Crippen LogP contribution in [0.25, 0.3) is 21.3 Å². The molecule has 0 aliphatic heterocycles. The molecule has 116 valence electrons. The van der Waals surface area contributed by atoms with E-state index in [0.29, 0.717) is 6.54 Å². The number of hydrogen-bond donors (Lipinski definition) is 0. The monoisotopic (exact) mass is 323 g/mol. The van der Waals surface area contributed by atoms with Gasteiger partial charge in [-0.2, -0.15) is 0 Å². The first-order chi connectivity index (χ1) is 11.3. The molecule has 0 saturated carbocycles. The summed E-state index contributed by atoms with van der Waals surface area (Å²) in [6.07, 6.45) is 0.940. The zero-order valence-corrected chi connectivity index (χ0v) is 13.7. The standard InChI is InChI=1S/C18H17N3OS/c1-2-11-20-14-8-4-5-9-15(14)21(18(20)22)12-17-19-13-7-3-6-10-16(13)23-17/h3-10H,2,11-12H2,1H3. The Bertz CT molecular complexity index is 1010. The largest absolute Gasteiger partial charge is 0.329 e. The molecule has 0 bridgehead atoms. The summed E-state index contributed by atoms with van der Waals surface area (Å²) >= 11 is 1.65. The summed E-state index contributed by atoms with van der Waals surface area (Å²) in [6, 6.07) is 16.1. The summed E-state index contributed by atoms with van der Waals surface area (Å²) in [5.41, 5.74) is 3.02. The van der Waals surface area contributed by atoms with E-state index in [0.717, 1.165) is 39.2 Å². The number of aryl methyl sites for hydroxylation is 1. The van der Waals surface area contributed by atoms with Gasteiger partial charge in [-0.05, 0) is 30.7 Å². The molecular weight excluding hydrogens is 306 g/mol. The van der Waals surface area contributed by atoms with E-state index in [9.17, 15) is 4.79 Å². The van der Waals surface area contributed by atoms with E-state index in [2.05, 4.69) is 18.0 Å². The van der Waals surface area contributed by atoms with Gasteiger partial charge in [0.15, 0.2) is 0 Å². The molecule has 0 fully saturated rings. The molecule has 4 nitrogen and oxygen atoms in total. The summed E-state index contributed by atoms with van der Waals surface area (Å²) < 4.78 is 4.86. The Hall–Kier alpha value is -2.40. The van der Waals surface area contributed by atoms with Gasteiger partial charge in [0.1, 0.15) is 5.01 Å². The molecule has 0 spiro atoms. The first-order valence-corrected chi connectivity index (χ1v) is 8.62. The lowest BCUT2D eigenvalue weighted by molar-refractivity contribution is 0.638. The Morgan fingerprint density at radius 1 is 1.00 bits per heavy atom. The van der Waals surface area contributed by atoms with Gasteiger partial charge in [-0.15, -0.1) is 11.3 Å². The van der Waals surface area contributed by atoms with Crippen LogP contribution in [0.4, 0.5) is 0 Å². The van der Waals surface area contributed by atoms with Crippen molar-refractivity contribution in [2.45, 2.75) is 26.4 Å². The molecule has 4 rings (SSSR count). The molecule has 2 heterocycles. The van der Waals surface area contributed by atoms with Crippen molar-refractivity contribution in [3.63, 3.8) is 0 Å². The van der Waals surface area contributed by atoms with Crippen molar-refractivity contribution in [1.82, 2.24) is 14.1 Å². The van der Waals surface area contributed by atoms with E-state index in [1.807, 2.05) is 51.6 Å². The number of thiazole rings is 1. The number of nitrogens with zero attached hydrogens (tertiary/aromatic N) is 3. The smallest absolute Gasteiger partial charge is 0.292 e. The molecule has 4 aromatic rings. The number of hydrogen-bond acceptors (Lipinski definition) is 3. The zero-order valence-electron chi connectivity index (χ0n) is 12.9. The van der Waals surface area contributed by atoms with Crippen molar-refractivity contribution in [3.8, 4) is 0 Å². The van der Waals surface area contributed by atoms with E-state index in [1.54, 1.807) is 11.3 Å². The molecule has 23 heavy (non-hydrogen) atoms. The normalized spacial score (nSPS) is 11.5. The van der Waals surface area contributed by atoms with Gasteiger partial charge in [0.2, 0.25) is 0 Å². The van der Waals surface area contributed by atoms with Crippen LogP contribution in [0.3, 0.4) is 0 Å². The molecule has 0 atom stereocenters. The summed E-state index contributed by atoms with van der Waals surface area (Å²) in [6.45, 7) is 3.35. The first-order valence-electron chi connectivity index (χ1n) is 7.80. The fourth-order valence-electron chi connectivity index (χ4n) is 2.99. The average molecular weight is 323 g/mol. The Morgan fingerprint density at radius 2 is 1.70 bits per heavy atom. The number of imidazole rings is 1. The van der Waals surface area contributed by atoms with E-state index >= 15 is 0 Å². The molecule has 5 heteroatoms. The van der Waals surface area contributed by atoms with E-state index in [4.69, 9.17) is 0 Å². The van der Waals surface area contributed by atoms with Gasteiger partial charge in [-0.1, -0.05) is 31.2 Å². The van der Waals surface area contributed by atoms with Crippen LogP contribution in [0.15, 0.2) is 53.3 Å².